The van der Waals surface area contributed by atoms with Gasteiger partial charge in [-0.05, 0) is 67.1 Å². The molecule has 0 spiro atoms. The van der Waals surface area contributed by atoms with Gasteiger partial charge in [0.1, 0.15) is 11.6 Å². The standard InChI is InChI=1S/C20H30O2/c1-12-10-13-11-14(21)6-8-19(13,2)16-7-9-20(3)15(18(12)16)4-5-17(20)22/h12-13,15-16,18H,4-11H2,1-3H3/t12-,13?,15?,16?,18?,19?,20?/m1/s1. The summed E-state index contributed by atoms with van der Waals surface area (Å²) in [6, 6.07) is 0. The fourth-order valence-electron chi connectivity index (χ4n) is 7.20. The Labute approximate surface area is 134 Å². The van der Waals surface area contributed by atoms with E-state index in [-0.39, 0.29) is 5.41 Å². The van der Waals surface area contributed by atoms with Gasteiger partial charge < -0.3 is 0 Å². The summed E-state index contributed by atoms with van der Waals surface area (Å²) in [4.78, 5) is 24.4. The zero-order valence-corrected chi connectivity index (χ0v) is 14.4. The predicted molar refractivity (Wildman–Crippen MR) is 86.3 cm³/mol. The summed E-state index contributed by atoms with van der Waals surface area (Å²) in [5, 5.41) is 0. The predicted octanol–water partition coefficient (Wildman–Crippen LogP) is 4.41. The van der Waals surface area contributed by atoms with Crippen LogP contribution in [0.3, 0.4) is 0 Å². The zero-order chi connectivity index (χ0) is 15.7. The molecule has 122 valence electrons. The normalized spacial score (nSPS) is 54.6. The van der Waals surface area contributed by atoms with E-state index in [1.54, 1.807) is 0 Å². The van der Waals surface area contributed by atoms with Gasteiger partial charge in [-0.1, -0.05) is 20.8 Å². The van der Waals surface area contributed by atoms with Crippen molar-refractivity contribution in [1.82, 2.24) is 0 Å². The molecule has 2 heteroatoms. The molecule has 0 heterocycles. The first-order valence-corrected chi connectivity index (χ1v) is 9.41. The first kappa shape index (κ1) is 14.9. The van der Waals surface area contributed by atoms with Crippen molar-refractivity contribution in [1.29, 1.82) is 0 Å². The van der Waals surface area contributed by atoms with Gasteiger partial charge in [0.2, 0.25) is 0 Å². The van der Waals surface area contributed by atoms with Crippen molar-refractivity contribution < 1.29 is 9.59 Å². The minimum absolute atomic E-state index is 0.0247. The molecule has 4 saturated carbocycles. The van der Waals surface area contributed by atoms with Crippen molar-refractivity contribution in [3.05, 3.63) is 0 Å². The Hall–Kier alpha value is -0.660. The molecule has 0 aromatic heterocycles. The van der Waals surface area contributed by atoms with E-state index in [4.69, 9.17) is 0 Å². The maximum atomic E-state index is 12.5. The van der Waals surface area contributed by atoms with E-state index < -0.39 is 0 Å². The van der Waals surface area contributed by atoms with Crippen LogP contribution in [0.5, 0.6) is 0 Å². The summed E-state index contributed by atoms with van der Waals surface area (Å²) in [5.74, 6) is 4.40. The highest BCUT2D eigenvalue weighted by Crippen LogP contribution is 2.66. The molecule has 7 atom stereocenters. The Balaban J connectivity index is 1.70. The Kier molecular flexibility index (Phi) is 3.17. The van der Waals surface area contributed by atoms with Gasteiger partial charge >= 0.3 is 0 Å². The van der Waals surface area contributed by atoms with Crippen LogP contribution in [-0.4, -0.2) is 11.6 Å². The molecule has 0 bridgehead atoms. The second-order valence-electron chi connectivity index (χ2n) is 9.37. The number of ketones is 2. The van der Waals surface area contributed by atoms with Crippen molar-refractivity contribution in [2.45, 2.75) is 72.1 Å². The summed E-state index contributed by atoms with van der Waals surface area (Å²) in [5.41, 5.74) is 0.334. The first-order chi connectivity index (χ1) is 10.4. The largest absolute Gasteiger partial charge is 0.300 e. The van der Waals surface area contributed by atoms with Crippen molar-refractivity contribution in [3.8, 4) is 0 Å². The van der Waals surface area contributed by atoms with Crippen LogP contribution < -0.4 is 0 Å². The summed E-state index contributed by atoms with van der Waals surface area (Å²) in [6.07, 6.45) is 8.19. The zero-order valence-electron chi connectivity index (χ0n) is 14.4. The summed E-state index contributed by atoms with van der Waals surface area (Å²) in [7, 11) is 0. The molecule has 0 aromatic carbocycles. The topological polar surface area (TPSA) is 34.1 Å². The molecule has 22 heavy (non-hydrogen) atoms. The lowest BCUT2D eigenvalue weighted by Gasteiger charge is -2.61. The molecule has 4 fully saturated rings. The maximum Gasteiger partial charge on any atom is 0.139 e. The number of hydrogen-bond donors (Lipinski definition) is 0. The van der Waals surface area contributed by atoms with Crippen LogP contribution in [0.25, 0.3) is 0 Å². The minimum atomic E-state index is -0.0247. The molecule has 0 radical (unpaired) electrons. The number of carbonyl (C=O) groups excluding carboxylic acids is 2. The second-order valence-corrected chi connectivity index (χ2v) is 9.37. The van der Waals surface area contributed by atoms with E-state index in [1.165, 1.54) is 12.8 Å². The van der Waals surface area contributed by atoms with Crippen molar-refractivity contribution in [2.75, 3.05) is 0 Å². The van der Waals surface area contributed by atoms with Gasteiger partial charge in [-0.15, -0.1) is 0 Å². The third kappa shape index (κ3) is 1.79. The van der Waals surface area contributed by atoms with E-state index >= 15 is 0 Å². The van der Waals surface area contributed by atoms with E-state index in [1.807, 2.05) is 0 Å². The number of fused-ring (bicyclic) bond motifs is 5. The Morgan fingerprint density at radius 2 is 1.77 bits per heavy atom. The van der Waals surface area contributed by atoms with Gasteiger partial charge in [0.25, 0.3) is 0 Å². The lowest BCUT2D eigenvalue weighted by atomic mass is 9.43. The molecule has 0 amide bonds. The Morgan fingerprint density at radius 3 is 2.55 bits per heavy atom. The minimum Gasteiger partial charge on any atom is -0.300 e. The molecule has 0 saturated heterocycles. The highest BCUT2D eigenvalue weighted by Gasteiger charge is 2.61. The monoisotopic (exact) mass is 302 g/mol. The number of rotatable bonds is 0. The van der Waals surface area contributed by atoms with Gasteiger partial charge in [-0.25, -0.2) is 0 Å². The SMILES string of the molecule is C[C@@H]1CC2CC(=O)CCC2(C)C2CCC3(C)C(=O)CCC3C21. The van der Waals surface area contributed by atoms with Crippen LogP contribution >= 0.6 is 0 Å². The molecule has 0 N–H and O–H groups in total. The highest BCUT2D eigenvalue weighted by atomic mass is 16.1. The molecule has 4 aliphatic rings. The third-order valence-corrected chi connectivity index (χ3v) is 8.55. The third-order valence-electron chi connectivity index (χ3n) is 8.55. The van der Waals surface area contributed by atoms with Crippen LogP contribution in [0, 0.1) is 40.4 Å². The van der Waals surface area contributed by atoms with Gasteiger partial charge in [0, 0.05) is 24.7 Å². The van der Waals surface area contributed by atoms with E-state index in [9.17, 15) is 9.59 Å². The summed E-state index contributed by atoms with van der Waals surface area (Å²) >= 11 is 0. The van der Waals surface area contributed by atoms with Gasteiger partial charge in [-0.2, -0.15) is 0 Å². The molecule has 2 nitrogen and oxygen atoms in total. The smallest absolute Gasteiger partial charge is 0.139 e. The molecule has 0 aromatic rings. The lowest BCUT2D eigenvalue weighted by Crippen LogP contribution is -2.56. The molecular formula is C20H30O2. The molecule has 6 unspecified atom stereocenters. The molecule has 4 rings (SSSR count). The molecular weight excluding hydrogens is 272 g/mol. The fraction of sp³-hybridized carbons (Fsp3) is 0.900. The van der Waals surface area contributed by atoms with Gasteiger partial charge in [0.15, 0.2) is 0 Å². The Bertz CT molecular complexity index is 524. The van der Waals surface area contributed by atoms with E-state index in [2.05, 4.69) is 20.8 Å². The average molecular weight is 302 g/mol. The van der Waals surface area contributed by atoms with E-state index in [0.717, 1.165) is 50.4 Å². The number of carbonyl (C=O) groups is 2. The highest BCUT2D eigenvalue weighted by molar-refractivity contribution is 5.87. The lowest BCUT2D eigenvalue weighted by molar-refractivity contribution is -0.152. The average Bonchev–Trinajstić information content (AvgIpc) is 2.77. The number of Topliss-reactive ketones (excluding diaryl/α,β-unsaturated/α-hetero) is 2. The van der Waals surface area contributed by atoms with E-state index in [0.29, 0.717) is 34.7 Å². The van der Waals surface area contributed by atoms with Crippen molar-refractivity contribution in [3.63, 3.8) is 0 Å². The molecule has 4 aliphatic carbocycles. The quantitative estimate of drug-likeness (QED) is 0.664. The summed E-state index contributed by atoms with van der Waals surface area (Å²) < 4.78 is 0. The summed E-state index contributed by atoms with van der Waals surface area (Å²) in [6.45, 7) is 7.15. The first-order valence-electron chi connectivity index (χ1n) is 9.41. The van der Waals surface area contributed by atoms with Gasteiger partial charge in [0.05, 0.1) is 0 Å². The van der Waals surface area contributed by atoms with Crippen LogP contribution in [-0.2, 0) is 9.59 Å². The molecule has 0 aliphatic heterocycles. The van der Waals surface area contributed by atoms with Crippen LogP contribution in [0.1, 0.15) is 72.1 Å². The van der Waals surface area contributed by atoms with Crippen molar-refractivity contribution in [2.24, 2.45) is 40.4 Å². The van der Waals surface area contributed by atoms with Crippen LogP contribution in [0.2, 0.25) is 0 Å². The van der Waals surface area contributed by atoms with Gasteiger partial charge in [-0.3, -0.25) is 9.59 Å². The van der Waals surface area contributed by atoms with Crippen LogP contribution in [0.4, 0.5) is 0 Å². The Morgan fingerprint density at radius 1 is 1.00 bits per heavy atom. The van der Waals surface area contributed by atoms with Crippen LogP contribution in [0.15, 0.2) is 0 Å². The van der Waals surface area contributed by atoms with Crippen molar-refractivity contribution >= 4 is 11.6 Å². The fourth-order valence-corrected chi connectivity index (χ4v) is 7.20. The number of hydrogen-bond acceptors (Lipinski definition) is 2. The second kappa shape index (κ2) is 4.68. The maximum absolute atomic E-state index is 12.5.